The van der Waals surface area contributed by atoms with Crippen LogP contribution in [0.15, 0.2) is 42.5 Å². The number of anilines is 2. The SMILES string of the molecule is CCc1ccc2c(c1)C(=O)C(=O)N2C[NH+](C)Cc1ccccc1N1CCCCC1. The molecule has 5 nitrogen and oxygen atoms in total. The molecular formula is C24H30N3O2+. The maximum Gasteiger partial charge on any atom is 0.303 e. The number of fused-ring (bicyclic) bond motifs is 1. The van der Waals surface area contributed by atoms with Crippen molar-refractivity contribution in [1.29, 1.82) is 0 Å². The number of rotatable bonds is 6. The molecule has 152 valence electrons. The molecular weight excluding hydrogens is 362 g/mol. The van der Waals surface area contributed by atoms with Crippen LogP contribution in [-0.2, 0) is 17.8 Å². The van der Waals surface area contributed by atoms with Crippen molar-refractivity contribution in [3.8, 4) is 0 Å². The highest BCUT2D eigenvalue weighted by Gasteiger charge is 2.37. The minimum Gasteiger partial charge on any atom is -0.371 e. The monoisotopic (exact) mass is 392 g/mol. The number of nitrogens with zero attached hydrogens (tertiary/aromatic N) is 2. The zero-order chi connectivity index (χ0) is 20.4. The Morgan fingerprint density at radius 3 is 2.48 bits per heavy atom. The molecule has 2 aliphatic heterocycles. The van der Waals surface area contributed by atoms with E-state index in [9.17, 15) is 9.59 Å². The fraction of sp³-hybridized carbons (Fsp3) is 0.417. The lowest BCUT2D eigenvalue weighted by molar-refractivity contribution is -0.892. The lowest BCUT2D eigenvalue weighted by atomic mass is 10.1. The average molecular weight is 393 g/mol. The zero-order valence-electron chi connectivity index (χ0n) is 17.4. The van der Waals surface area contributed by atoms with Crippen LogP contribution >= 0.6 is 0 Å². The summed E-state index contributed by atoms with van der Waals surface area (Å²) in [7, 11) is 2.09. The van der Waals surface area contributed by atoms with E-state index in [0.29, 0.717) is 12.2 Å². The summed E-state index contributed by atoms with van der Waals surface area (Å²) in [6.45, 7) is 5.58. The number of benzene rings is 2. The van der Waals surface area contributed by atoms with Gasteiger partial charge in [-0.2, -0.15) is 0 Å². The van der Waals surface area contributed by atoms with Gasteiger partial charge in [0.1, 0.15) is 6.54 Å². The molecule has 0 saturated carbocycles. The molecule has 1 saturated heterocycles. The van der Waals surface area contributed by atoms with Crippen molar-refractivity contribution in [1.82, 2.24) is 0 Å². The largest absolute Gasteiger partial charge is 0.371 e. The highest BCUT2D eigenvalue weighted by Crippen LogP contribution is 2.29. The van der Waals surface area contributed by atoms with Crippen LogP contribution in [-0.4, -0.2) is 38.5 Å². The summed E-state index contributed by atoms with van der Waals surface area (Å²) in [5.74, 6) is -0.784. The number of hydrogen-bond donors (Lipinski definition) is 1. The first-order valence-corrected chi connectivity index (χ1v) is 10.7. The van der Waals surface area contributed by atoms with Crippen molar-refractivity contribution in [2.45, 2.75) is 39.2 Å². The van der Waals surface area contributed by atoms with E-state index in [0.717, 1.165) is 37.3 Å². The van der Waals surface area contributed by atoms with Gasteiger partial charge in [0.05, 0.1) is 18.3 Å². The molecule has 1 N–H and O–H groups in total. The van der Waals surface area contributed by atoms with Crippen LogP contribution in [0.2, 0.25) is 0 Å². The molecule has 2 aromatic rings. The highest BCUT2D eigenvalue weighted by molar-refractivity contribution is 6.52. The average Bonchev–Trinajstić information content (AvgIpc) is 2.99. The number of ketones is 1. The molecule has 0 aliphatic carbocycles. The number of piperidine rings is 1. The number of amides is 1. The van der Waals surface area contributed by atoms with Crippen LogP contribution in [0.3, 0.4) is 0 Å². The van der Waals surface area contributed by atoms with Gasteiger partial charge in [0.2, 0.25) is 0 Å². The number of para-hydroxylation sites is 1. The fourth-order valence-corrected chi connectivity index (χ4v) is 4.48. The van der Waals surface area contributed by atoms with Gasteiger partial charge >= 0.3 is 5.91 Å². The number of Topliss-reactive ketones (excluding diaryl/α,β-unsaturated/α-hetero) is 1. The van der Waals surface area contributed by atoms with Crippen molar-refractivity contribution < 1.29 is 14.5 Å². The van der Waals surface area contributed by atoms with Crippen LogP contribution in [0.1, 0.15) is 47.7 Å². The van der Waals surface area contributed by atoms with Crippen molar-refractivity contribution >= 4 is 23.1 Å². The number of carbonyl (C=O) groups excluding carboxylic acids is 2. The van der Waals surface area contributed by atoms with E-state index in [1.807, 2.05) is 18.2 Å². The Labute approximate surface area is 172 Å². The van der Waals surface area contributed by atoms with E-state index in [2.05, 4.69) is 43.1 Å². The van der Waals surface area contributed by atoms with E-state index in [4.69, 9.17) is 0 Å². The van der Waals surface area contributed by atoms with Gasteiger partial charge in [0.25, 0.3) is 5.78 Å². The van der Waals surface area contributed by atoms with E-state index in [-0.39, 0.29) is 5.78 Å². The van der Waals surface area contributed by atoms with Crippen molar-refractivity contribution in [3.05, 3.63) is 59.2 Å². The summed E-state index contributed by atoms with van der Waals surface area (Å²) < 4.78 is 0. The Morgan fingerprint density at radius 2 is 1.72 bits per heavy atom. The Bertz CT molecular complexity index is 918. The quantitative estimate of drug-likeness (QED) is 0.768. The minimum atomic E-state index is -0.406. The highest BCUT2D eigenvalue weighted by atomic mass is 16.2. The second-order valence-corrected chi connectivity index (χ2v) is 8.24. The summed E-state index contributed by atoms with van der Waals surface area (Å²) in [5.41, 5.74) is 4.99. The molecule has 0 bridgehead atoms. The molecule has 1 amide bonds. The summed E-state index contributed by atoms with van der Waals surface area (Å²) in [6.07, 6.45) is 4.66. The molecule has 29 heavy (non-hydrogen) atoms. The molecule has 0 spiro atoms. The van der Waals surface area contributed by atoms with Crippen LogP contribution in [0.25, 0.3) is 0 Å². The fourth-order valence-electron chi connectivity index (χ4n) is 4.48. The number of carbonyl (C=O) groups is 2. The Balaban J connectivity index is 1.51. The Morgan fingerprint density at radius 1 is 0.966 bits per heavy atom. The first kappa shape index (κ1) is 19.6. The minimum absolute atomic E-state index is 0.378. The molecule has 1 unspecified atom stereocenters. The van der Waals surface area contributed by atoms with Gasteiger partial charge in [0.15, 0.2) is 6.67 Å². The number of hydrogen-bond acceptors (Lipinski definition) is 3. The van der Waals surface area contributed by atoms with Gasteiger partial charge in [0, 0.05) is 24.3 Å². The normalized spacial score (nSPS) is 17.6. The van der Waals surface area contributed by atoms with Gasteiger partial charge in [-0.3, -0.25) is 14.5 Å². The van der Waals surface area contributed by atoms with Gasteiger partial charge in [-0.15, -0.1) is 0 Å². The smallest absolute Gasteiger partial charge is 0.303 e. The van der Waals surface area contributed by atoms with Crippen LogP contribution in [0, 0.1) is 0 Å². The molecule has 0 aromatic heterocycles. The zero-order valence-corrected chi connectivity index (χ0v) is 17.4. The first-order valence-electron chi connectivity index (χ1n) is 10.7. The summed E-state index contributed by atoms with van der Waals surface area (Å²) in [6, 6.07) is 14.4. The van der Waals surface area contributed by atoms with E-state index < -0.39 is 5.91 Å². The second-order valence-electron chi connectivity index (χ2n) is 8.24. The Kier molecular flexibility index (Phi) is 5.67. The first-order chi connectivity index (χ1) is 14.1. The number of nitrogens with one attached hydrogen (secondary N) is 1. The Hall–Kier alpha value is -2.66. The standard InChI is InChI=1S/C24H29N3O2/c1-3-18-11-12-22-20(15-18)23(28)24(29)27(22)17-25(2)16-19-9-5-6-10-21(19)26-13-7-4-8-14-26/h5-6,9-12,15H,3-4,7-8,13-14,16-17H2,1-2H3/p+1. The summed E-state index contributed by atoms with van der Waals surface area (Å²) >= 11 is 0. The predicted octanol–water partition coefficient (Wildman–Crippen LogP) is 2.44. The van der Waals surface area contributed by atoms with E-state index in [1.165, 1.54) is 35.4 Å². The lowest BCUT2D eigenvalue weighted by Gasteiger charge is -2.31. The van der Waals surface area contributed by atoms with Gasteiger partial charge in [-0.05, 0) is 49.4 Å². The molecule has 4 rings (SSSR count). The molecule has 2 heterocycles. The summed E-state index contributed by atoms with van der Waals surface area (Å²) in [5, 5.41) is 0. The van der Waals surface area contributed by atoms with E-state index in [1.54, 1.807) is 4.90 Å². The van der Waals surface area contributed by atoms with Gasteiger partial charge in [-0.1, -0.05) is 31.2 Å². The molecule has 1 fully saturated rings. The maximum absolute atomic E-state index is 12.6. The number of quaternary nitrogens is 1. The number of aryl methyl sites for hydroxylation is 1. The lowest BCUT2D eigenvalue weighted by Crippen LogP contribution is -3.09. The van der Waals surface area contributed by atoms with Gasteiger partial charge in [-0.25, -0.2) is 0 Å². The van der Waals surface area contributed by atoms with Gasteiger partial charge < -0.3 is 9.80 Å². The third-order valence-corrected chi connectivity index (χ3v) is 6.05. The maximum atomic E-state index is 12.6. The van der Waals surface area contributed by atoms with Crippen molar-refractivity contribution in [3.63, 3.8) is 0 Å². The molecule has 0 radical (unpaired) electrons. The third-order valence-electron chi connectivity index (χ3n) is 6.05. The topological polar surface area (TPSA) is 45.1 Å². The van der Waals surface area contributed by atoms with Crippen molar-refractivity contribution in [2.24, 2.45) is 0 Å². The van der Waals surface area contributed by atoms with Crippen LogP contribution < -0.4 is 14.7 Å². The van der Waals surface area contributed by atoms with Crippen LogP contribution in [0.5, 0.6) is 0 Å². The predicted molar refractivity (Wildman–Crippen MR) is 116 cm³/mol. The summed E-state index contributed by atoms with van der Waals surface area (Å²) in [4.78, 5) is 30.4. The third kappa shape index (κ3) is 3.92. The molecule has 2 aliphatic rings. The second kappa shape index (κ2) is 8.37. The van der Waals surface area contributed by atoms with Crippen molar-refractivity contribution in [2.75, 3.05) is 36.6 Å². The molecule has 1 atom stereocenters. The molecule has 5 heteroatoms. The van der Waals surface area contributed by atoms with Crippen LogP contribution in [0.4, 0.5) is 11.4 Å². The molecule has 2 aromatic carbocycles. The van der Waals surface area contributed by atoms with E-state index >= 15 is 0 Å².